The molecule has 0 saturated heterocycles. The van der Waals surface area contributed by atoms with Crippen LogP contribution < -0.4 is 16.2 Å². The Labute approximate surface area is 197 Å². The average molecular weight is 467 g/mol. The molecule has 4 aliphatic rings. The highest BCUT2D eigenvalue weighted by molar-refractivity contribution is 8.00. The van der Waals surface area contributed by atoms with E-state index in [-0.39, 0.29) is 11.1 Å². The van der Waals surface area contributed by atoms with Gasteiger partial charge in [-0.15, -0.1) is 6.58 Å². The largest absolute Gasteiger partial charge is 0.332 e. The zero-order valence-electron chi connectivity index (χ0n) is 18.9. The third-order valence-electron chi connectivity index (χ3n) is 7.44. The van der Waals surface area contributed by atoms with Crippen LogP contribution in [0.5, 0.6) is 0 Å². The summed E-state index contributed by atoms with van der Waals surface area (Å²) in [6, 6.07) is 6.73. The minimum Gasteiger partial charge on any atom is -0.332 e. The number of hydrogen-bond acceptors (Lipinski definition) is 5. The first-order valence-corrected chi connectivity index (χ1v) is 12.6. The Balaban J connectivity index is 1.27. The van der Waals surface area contributed by atoms with Crippen LogP contribution in [0, 0.1) is 17.8 Å². The fourth-order valence-corrected chi connectivity index (χ4v) is 7.41. The summed E-state index contributed by atoms with van der Waals surface area (Å²) >= 11 is 1.17. The van der Waals surface area contributed by atoms with E-state index in [2.05, 4.69) is 22.2 Å². The first kappa shape index (κ1) is 22.2. The molecular weight excluding hydrogens is 436 g/mol. The molecule has 6 rings (SSSR count). The Hall–Kier alpha value is -2.61. The van der Waals surface area contributed by atoms with E-state index >= 15 is 0 Å². The third kappa shape index (κ3) is 4.33. The summed E-state index contributed by atoms with van der Waals surface area (Å²) in [4.78, 5) is 43.1. The Morgan fingerprint density at radius 1 is 1.21 bits per heavy atom. The predicted octanol–water partition coefficient (Wildman–Crippen LogP) is 3.86. The van der Waals surface area contributed by atoms with Crippen molar-refractivity contribution in [3.8, 4) is 0 Å². The van der Waals surface area contributed by atoms with E-state index in [1.54, 1.807) is 31.2 Å². The molecule has 0 radical (unpaired) electrons. The Morgan fingerprint density at radius 2 is 1.85 bits per heavy atom. The molecule has 1 aromatic carbocycles. The van der Waals surface area contributed by atoms with Crippen molar-refractivity contribution in [3.63, 3.8) is 0 Å². The third-order valence-corrected chi connectivity index (χ3v) is 8.53. The molecule has 8 heteroatoms. The molecule has 2 aromatic rings. The van der Waals surface area contributed by atoms with Crippen LogP contribution in [0.25, 0.3) is 10.9 Å². The van der Waals surface area contributed by atoms with Gasteiger partial charge >= 0.3 is 6.03 Å². The summed E-state index contributed by atoms with van der Waals surface area (Å²) in [5.74, 6) is 1.74. The molecule has 1 atom stereocenters. The molecule has 4 aliphatic carbocycles. The SMILES string of the molecule is C=CCn1c(SC(C)C(=O)NC(=O)NC23CC4CC(CC(C4)C2)C3)nc2ccccc2c1=O. The van der Waals surface area contributed by atoms with Crippen LogP contribution in [-0.4, -0.2) is 32.3 Å². The number of imide groups is 1. The number of hydrogen-bond donors (Lipinski definition) is 2. The van der Waals surface area contributed by atoms with Crippen molar-refractivity contribution in [3.05, 3.63) is 47.3 Å². The van der Waals surface area contributed by atoms with Gasteiger partial charge in [-0.25, -0.2) is 9.78 Å². The highest BCUT2D eigenvalue weighted by atomic mass is 32.2. The molecule has 1 heterocycles. The fraction of sp³-hybridized carbons (Fsp3) is 0.520. The fourth-order valence-electron chi connectivity index (χ4n) is 6.49. The summed E-state index contributed by atoms with van der Waals surface area (Å²) < 4.78 is 1.51. The molecule has 4 saturated carbocycles. The minimum absolute atomic E-state index is 0.153. The standard InChI is InChI=1S/C25H30N4O3S/c1-3-8-29-22(31)19-6-4-5-7-20(19)26-24(29)33-15(2)21(30)27-23(32)28-25-12-16-9-17(13-25)11-18(10-16)14-25/h3-7,15-18H,1,8-14H2,2H3,(H2,27,28,30,32). The normalized spacial score (nSPS) is 28.5. The van der Waals surface area contributed by atoms with Crippen molar-refractivity contribution < 1.29 is 9.59 Å². The van der Waals surface area contributed by atoms with E-state index in [0.717, 1.165) is 19.3 Å². The quantitative estimate of drug-likeness (QED) is 0.383. The number of aromatic nitrogens is 2. The molecule has 1 unspecified atom stereocenters. The summed E-state index contributed by atoms with van der Waals surface area (Å²) in [5, 5.41) is 6.06. The van der Waals surface area contributed by atoms with Gasteiger partial charge in [0.2, 0.25) is 5.91 Å². The molecule has 4 fully saturated rings. The monoisotopic (exact) mass is 466 g/mol. The van der Waals surface area contributed by atoms with Crippen LogP contribution in [0.3, 0.4) is 0 Å². The second kappa shape index (κ2) is 8.63. The lowest BCUT2D eigenvalue weighted by Crippen LogP contribution is -2.62. The van der Waals surface area contributed by atoms with Crippen molar-refractivity contribution in [2.24, 2.45) is 17.8 Å². The van der Waals surface area contributed by atoms with Crippen molar-refractivity contribution >= 4 is 34.6 Å². The van der Waals surface area contributed by atoms with E-state index < -0.39 is 17.2 Å². The van der Waals surface area contributed by atoms with Crippen LogP contribution in [0.15, 0.2) is 46.9 Å². The number of carbonyl (C=O) groups is 2. The first-order valence-electron chi connectivity index (χ1n) is 11.8. The first-order chi connectivity index (χ1) is 15.9. The number of thioether (sulfide) groups is 1. The highest BCUT2D eigenvalue weighted by Crippen LogP contribution is 2.55. The van der Waals surface area contributed by atoms with Crippen molar-refractivity contribution in [2.45, 2.75) is 67.9 Å². The Kier molecular flexibility index (Phi) is 5.80. The molecule has 0 spiro atoms. The van der Waals surface area contributed by atoms with E-state index in [9.17, 15) is 14.4 Å². The molecular formula is C25H30N4O3S. The summed E-state index contributed by atoms with van der Waals surface area (Å²) in [5.41, 5.74) is 0.257. The predicted molar refractivity (Wildman–Crippen MR) is 129 cm³/mol. The van der Waals surface area contributed by atoms with E-state index in [1.165, 1.54) is 35.6 Å². The topological polar surface area (TPSA) is 93.1 Å². The maximum absolute atomic E-state index is 12.9. The van der Waals surface area contributed by atoms with Crippen LogP contribution >= 0.6 is 11.8 Å². The number of nitrogens with zero attached hydrogens (tertiary/aromatic N) is 2. The van der Waals surface area contributed by atoms with Gasteiger partial charge in [0.15, 0.2) is 5.16 Å². The lowest BCUT2D eigenvalue weighted by molar-refractivity contribution is -0.119. The maximum Gasteiger partial charge on any atom is 0.321 e. The number of rotatable bonds is 6. The van der Waals surface area contributed by atoms with Gasteiger partial charge in [0.05, 0.1) is 16.2 Å². The average Bonchev–Trinajstić information content (AvgIpc) is 2.75. The number of allylic oxidation sites excluding steroid dienone is 1. The number of amides is 3. The van der Waals surface area contributed by atoms with Gasteiger partial charge in [0.1, 0.15) is 0 Å². The number of para-hydroxylation sites is 1. The van der Waals surface area contributed by atoms with E-state index in [1.807, 2.05) is 6.07 Å². The zero-order valence-corrected chi connectivity index (χ0v) is 19.7. The van der Waals surface area contributed by atoms with Crippen LogP contribution in [0.4, 0.5) is 4.79 Å². The number of carbonyl (C=O) groups excluding carboxylic acids is 2. The van der Waals surface area contributed by atoms with Crippen molar-refractivity contribution in [1.29, 1.82) is 0 Å². The lowest BCUT2D eigenvalue weighted by Gasteiger charge is -2.56. The smallest absolute Gasteiger partial charge is 0.321 e. The van der Waals surface area contributed by atoms with E-state index in [0.29, 0.717) is 40.4 Å². The van der Waals surface area contributed by atoms with Crippen LogP contribution in [-0.2, 0) is 11.3 Å². The number of urea groups is 1. The molecule has 1 aromatic heterocycles. The zero-order chi connectivity index (χ0) is 23.2. The van der Waals surface area contributed by atoms with Gasteiger partial charge in [-0.3, -0.25) is 19.5 Å². The number of benzene rings is 1. The Bertz CT molecular complexity index is 1140. The van der Waals surface area contributed by atoms with Crippen molar-refractivity contribution in [1.82, 2.24) is 20.2 Å². The number of fused-ring (bicyclic) bond motifs is 1. The number of nitrogens with one attached hydrogen (secondary N) is 2. The summed E-state index contributed by atoms with van der Waals surface area (Å²) in [6.07, 6.45) is 8.59. The lowest BCUT2D eigenvalue weighted by atomic mass is 9.53. The molecule has 174 valence electrons. The molecule has 33 heavy (non-hydrogen) atoms. The second-order valence-electron chi connectivity index (χ2n) is 10.0. The van der Waals surface area contributed by atoms with Gasteiger partial charge in [0, 0.05) is 12.1 Å². The van der Waals surface area contributed by atoms with Gasteiger partial charge < -0.3 is 5.32 Å². The maximum atomic E-state index is 12.9. The van der Waals surface area contributed by atoms with E-state index in [4.69, 9.17) is 0 Å². The van der Waals surface area contributed by atoms with Gasteiger partial charge in [0.25, 0.3) is 5.56 Å². The Morgan fingerprint density at radius 3 is 2.48 bits per heavy atom. The summed E-state index contributed by atoms with van der Waals surface area (Å²) in [7, 11) is 0. The van der Waals surface area contributed by atoms with Crippen molar-refractivity contribution in [2.75, 3.05) is 0 Å². The highest BCUT2D eigenvalue weighted by Gasteiger charge is 2.51. The summed E-state index contributed by atoms with van der Waals surface area (Å²) in [6.45, 7) is 5.74. The minimum atomic E-state index is -0.601. The second-order valence-corrected chi connectivity index (χ2v) is 11.3. The van der Waals surface area contributed by atoms with Crippen LogP contribution in [0.2, 0.25) is 0 Å². The molecule has 0 aliphatic heterocycles. The molecule has 3 amide bonds. The molecule has 4 bridgehead atoms. The van der Waals surface area contributed by atoms with Gasteiger partial charge in [-0.2, -0.15) is 0 Å². The molecule has 7 nitrogen and oxygen atoms in total. The van der Waals surface area contributed by atoms with Gasteiger partial charge in [-0.1, -0.05) is 30.0 Å². The van der Waals surface area contributed by atoms with Gasteiger partial charge in [-0.05, 0) is 75.3 Å². The molecule has 2 N–H and O–H groups in total. The van der Waals surface area contributed by atoms with Crippen LogP contribution in [0.1, 0.15) is 45.4 Å².